The molecular formula is C14H16N4O3. The summed E-state index contributed by atoms with van der Waals surface area (Å²) in [5.41, 5.74) is 4.39. The van der Waals surface area contributed by atoms with Crippen molar-refractivity contribution in [2.24, 2.45) is 5.10 Å². The van der Waals surface area contributed by atoms with Gasteiger partial charge in [-0.2, -0.15) is 5.10 Å². The second-order valence-corrected chi connectivity index (χ2v) is 4.43. The molecule has 7 nitrogen and oxygen atoms in total. The third kappa shape index (κ3) is 3.38. The van der Waals surface area contributed by atoms with Gasteiger partial charge in [0.15, 0.2) is 11.5 Å². The number of hydrogen-bond donors (Lipinski definition) is 3. The fourth-order valence-corrected chi connectivity index (χ4v) is 1.64. The van der Waals surface area contributed by atoms with E-state index in [1.165, 1.54) is 19.4 Å². The Bertz CT molecular complexity index is 737. The Morgan fingerprint density at radius 2 is 2.19 bits per heavy atom. The highest BCUT2D eigenvalue weighted by atomic mass is 16.5. The number of aromatic hydroxyl groups is 1. The summed E-state index contributed by atoms with van der Waals surface area (Å²) in [4.78, 5) is 18.3. The molecule has 0 fully saturated rings. The first kappa shape index (κ1) is 14.6. The fraction of sp³-hybridized carbons (Fsp3) is 0.214. The summed E-state index contributed by atoms with van der Waals surface area (Å²) in [6.45, 7) is 3.46. The predicted molar refractivity (Wildman–Crippen MR) is 80.2 cm³/mol. The van der Waals surface area contributed by atoms with Crippen LogP contribution in [-0.4, -0.2) is 28.4 Å². The highest BCUT2D eigenvalue weighted by molar-refractivity contribution is 5.81. The van der Waals surface area contributed by atoms with Crippen LogP contribution in [0, 0.1) is 13.8 Å². The third-order valence-electron chi connectivity index (χ3n) is 2.98. The van der Waals surface area contributed by atoms with E-state index in [9.17, 15) is 9.90 Å². The van der Waals surface area contributed by atoms with Crippen molar-refractivity contribution in [3.63, 3.8) is 0 Å². The smallest absolute Gasteiger partial charge is 0.255 e. The van der Waals surface area contributed by atoms with Crippen molar-refractivity contribution in [3.05, 3.63) is 45.4 Å². The van der Waals surface area contributed by atoms with E-state index in [-0.39, 0.29) is 17.3 Å². The van der Waals surface area contributed by atoms with Crippen LogP contribution in [-0.2, 0) is 0 Å². The van der Waals surface area contributed by atoms with Crippen molar-refractivity contribution in [2.75, 3.05) is 12.5 Å². The predicted octanol–water partition coefficient (Wildman–Crippen LogP) is 1.55. The highest BCUT2D eigenvalue weighted by Gasteiger charge is 2.03. The van der Waals surface area contributed by atoms with Gasteiger partial charge in [-0.25, -0.2) is 10.4 Å². The van der Waals surface area contributed by atoms with Crippen molar-refractivity contribution in [1.29, 1.82) is 0 Å². The summed E-state index contributed by atoms with van der Waals surface area (Å²) in [5, 5.41) is 13.5. The number of phenolic OH excluding ortho intramolecular Hbond substituents is 1. The van der Waals surface area contributed by atoms with Gasteiger partial charge in [0.25, 0.3) is 5.56 Å². The molecular weight excluding hydrogens is 272 g/mol. The van der Waals surface area contributed by atoms with E-state index in [4.69, 9.17) is 4.74 Å². The minimum atomic E-state index is -0.202. The molecule has 0 atom stereocenters. The quantitative estimate of drug-likeness (QED) is 0.585. The molecule has 0 amide bonds. The van der Waals surface area contributed by atoms with Gasteiger partial charge in [-0.15, -0.1) is 0 Å². The van der Waals surface area contributed by atoms with Crippen molar-refractivity contribution in [2.45, 2.75) is 13.8 Å². The molecule has 3 N–H and O–H groups in total. The Morgan fingerprint density at radius 3 is 2.86 bits per heavy atom. The molecule has 1 heterocycles. The average Bonchev–Trinajstić information content (AvgIpc) is 2.46. The number of aryl methyl sites for hydroxylation is 1. The van der Waals surface area contributed by atoms with E-state index in [1.54, 1.807) is 26.0 Å². The van der Waals surface area contributed by atoms with Gasteiger partial charge in [-0.1, -0.05) is 0 Å². The monoisotopic (exact) mass is 288 g/mol. The maximum atomic E-state index is 11.6. The summed E-state index contributed by atoms with van der Waals surface area (Å²) in [6, 6.07) is 4.83. The van der Waals surface area contributed by atoms with Gasteiger partial charge < -0.3 is 9.84 Å². The van der Waals surface area contributed by atoms with E-state index < -0.39 is 0 Å². The molecule has 0 bridgehead atoms. The topological polar surface area (TPSA) is 99.6 Å². The molecule has 0 spiro atoms. The molecule has 0 saturated carbocycles. The lowest BCUT2D eigenvalue weighted by molar-refractivity contribution is 0.373. The second-order valence-electron chi connectivity index (χ2n) is 4.43. The highest BCUT2D eigenvalue weighted by Crippen LogP contribution is 2.25. The molecule has 1 aromatic carbocycles. The summed E-state index contributed by atoms with van der Waals surface area (Å²) in [5.74, 6) is 0.685. The Labute approximate surface area is 121 Å². The lowest BCUT2D eigenvalue weighted by atomic mass is 10.2. The maximum absolute atomic E-state index is 11.6. The molecule has 0 saturated heterocycles. The van der Waals surface area contributed by atoms with E-state index >= 15 is 0 Å². The minimum Gasteiger partial charge on any atom is -0.504 e. The van der Waals surface area contributed by atoms with E-state index in [0.29, 0.717) is 17.0 Å². The molecule has 0 radical (unpaired) electrons. The lowest BCUT2D eigenvalue weighted by Gasteiger charge is -2.04. The zero-order valence-electron chi connectivity index (χ0n) is 12.0. The number of phenols is 1. The van der Waals surface area contributed by atoms with Crippen molar-refractivity contribution in [1.82, 2.24) is 9.97 Å². The Balaban J connectivity index is 2.14. The third-order valence-corrected chi connectivity index (χ3v) is 2.98. The Morgan fingerprint density at radius 1 is 1.43 bits per heavy atom. The first-order chi connectivity index (χ1) is 10.0. The van der Waals surface area contributed by atoms with E-state index in [2.05, 4.69) is 20.5 Å². The van der Waals surface area contributed by atoms with Gasteiger partial charge in [0, 0.05) is 11.3 Å². The van der Waals surface area contributed by atoms with Gasteiger partial charge >= 0.3 is 0 Å². The van der Waals surface area contributed by atoms with Crippen LogP contribution in [0.25, 0.3) is 0 Å². The van der Waals surface area contributed by atoms with Crippen LogP contribution in [0.15, 0.2) is 28.1 Å². The van der Waals surface area contributed by atoms with Gasteiger partial charge in [-0.3, -0.25) is 9.78 Å². The molecule has 1 aromatic heterocycles. The van der Waals surface area contributed by atoms with Gasteiger partial charge in [-0.05, 0) is 37.6 Å². The zero-order valence-corrected chi connectivity index (χ0v) is 12.0. The standard InChI is InChI=1S/C14H16N4O3/c1-8-9(2)16-14(17-13(8)20)18-15-7-10-4-5-11(19)12(6-10)21-3/h4-7,19H,1-3H3,(H2,16,17,18,20)/b15-7-. The van der Waals surface area contributed by atoms with Gasteiger partial charge in [0.05, 0.1) is 13.3 Å². The molecule has 2 aromatic rings. The molecule has 21 heavy (non-hydrogen) atoms. The Kier molecular flexibility index (Phi) is 4.22. The number of nitrogens with zero attached hydrogens (tertiary/aromatic N) is 2. The number of benzene rings is 1. The van der Waals surface area contributed by atoms with Crippen LogP contribution in [0.4, 0.5) is 5.95 Å². The maximum Gasteiger partial charge on any atom is 0.255 e. The molecule has 0 aliphatic heterocycles. The number of H-pyrrole nitrogens is 1. The number of hydrazone groups is 1. The molecule has 2 rings (SSSR count). The number of hydrogen-bond acceptors (Lipinski definition) is 6. The Hall–Kier alpha value is -2.83. The number of nitrogens with one attached hydrogen (secondary N) is 2. The molecule has 7 heteroatoms. The lowest BCUT2D eigenvalue weighted by Crippen LogP contribution is -2.15. The van der Waals surface area contributed by atoms with Crippen molar-refractivity contribution in [3.8, 4) is 11.5 Å². The summed E-state index contributed by atoms with van der Waals surface area (Å²) >= 11 is 0. The SMILES string of the molecule is COc1cc(/C=N\Nc2nc(C)c(C)c(=O)[nH]2)ccc1O. The van der Waals surface area contributed by atoms with Crippen LogP contribution in [0.1, 0.15) is 16.8 Å². The summed E-state index contributed by atoms with van der Waals surface area (Å²) in [6.07, 6.45) is 1.52. The fourth-order valence-electron chi connectivity index (χ4n) is 1.64. The number of aromatic amines is 1. The first-order valence-electron chi connectivity index (χ1n) is 6.25. The van der Waals surface area contributed by atoms with Crippen LogP contribution in [0.3, 0.4) is 0 Å². The number of anilines is 1. The van der Waals surface area contributed by atoms with Crippen LogP contribution < -0.4 is 15.7 Å². The minimum absolute atomic E-state index is 0.0581. The number of methoxy groups -OCH3 is 1. The molecule has 0 unspecified atom stereocenters. The largest absolute Gasteiger partial charge is 0.504 e. The first-order valence-corrected chi connectivity index (χ1v) is 6.25. The van der Waals surface area contributed by atoms with Crippen LogP contribution in [0.5, 0.6) is 11.5 Å². The van der Waals surface area contributed by atoms with Crippen LogP contribution >= 0.6 is 0 Å². The van der Waals surface area contributed by atoms with Crippen molar-refractivity contribution >= 4 is 12.2 Å². The second kappa shape index (κ2) is 6.08. The summed E-state index contributed by atoms with van der Waals surface area (Å²) in [7, 11) is 1.47. The molecule has 0 aliphatic rings. The van der Waals surface area contributed by atoms with Crippen LogP contribution in [0.2, 0.25) is 0 Å². The number of ether oxygens (including phenoxy) is 1. The molecule has 110 valence electrons. The number of rotatable bonds is 4. The summed E-state index contributed by atoms with van der Waals surface area (Å²) < 4.78 is 5.00. The van der Waals surface area contributed by atoms with E-state index in [1.807, 2.05) is 0 Å². The van der Waals surface area contributed by atoms with E-state index in [0.717, 1.165) is 5.56 Å². The number of aromatic nitrogens is 2. The average molecular weight is 288 g/mol. The van der Waals surface area contributed by atoms with Gasteiger partial charge in [0.2, 0.25) is 5.95 Å². The normalized spacial score (nSPS) is 10.8. The molecule has 0 aliphatic carbocycles. The van der Waals surface area contributed by atoms with Gasteiger partial charge in [0.1, 0.15) is 0 Å². The van der Waals surface area contributed by atoms with Crippen molar-refractivity contribution < 1.29 is 9.84 Å². The zero-order chi connectivity index (χ0) is 15.4.